The molecule has 0 aliphatic carbocycles. The summed E-state index contributed by atoms with van der Waals surface area (Å²) >= 11 is 3.37. The minimum Gasteiger partial charge on any atom is -0.492 e. The molecular formula is C16H19BrN2O. The zero-order valence-corrected chi connectivity index (χ0v) is 13.4. The highest BCUT2D eigenvalue weighted by Gasteiger charge is 2.04. The van der Waals surface area contributed by atoms with Crippen molar-refractivity contribution in [1.82, 2.24) is 10.3 Å². The number of hydrogen-bond acceptors (Lipinski definition) is 3. The van der Waals surface area contributed by atoms with Crippen LogP contribution in [0.1, 0.15) is 18.2 Å². The van der Waals surface area contributed by atoms with E-state index in [0.29, 0.717) is 6.61 Å². The number of halogens is 1. The molecule has 3 nitrogen and oxygen atoms in total. The van der Waals surface area contributed by atoms with Crippen LogP contribution >= 0.6 is 15.9 Å². The van der Waals surface area contributed by atoms with Gasteiger partial charge in [0.05, 0.1) is 5.69 Å². The quantitative estimate of drug-likeness (QED) is 0.817. The van der Waals surface area contributed by atoms with E-state index in [1.54, 1.807) is 0 Å². The first kappa shape index (κ1) is 15.0. The molecule has 1 unspecified atom stereocenters. The predicted molar refractivity (Wildman–Crippen MR) is 84.9 cm³/mol. The molecule has 1 aromatic heterocycles. The van der Waals surface area contributed by atoms with Crippen LogP contribution < -0.4 is 10.1 Å². The molecule has 0 aliphatic rings. The third-order valence-corrected chi connectivity index (χ3v) is 3.37. The lowest BCUT2D eigenvalue weighted by Gasteiger charge is -2.15. The van der Waals surface area contributed by atoms with Crippen molar-refractivity contribution in [3.05, 3.63) is 58.3 Å². The van der Waals surface area contributed by atoms with Gasteiger partial charge in [-0.15, -0.1) is 0 Å². The van der Waals surface area contributed by atoms with Gasteiger partial charge in [-0.05, 0) is 54.0 Å². The highest BCUT2D eigenvalue weighted by molar-refractivity contribution is 9.10. The average molecular weight is 335 g/mol. The number of nitrogens with zero attached hydrogens (tertiary/aromatic N) is 1. The lowest BCUT2D eigenvalue weighted by Crippen LogP contribution is -2.31. The first-order valence-electron chi connectivity index (χ1n) is 6.68. The lowest BCUT2D eigenvalue weighted by atomic mass is 10.2. The molecule has 4 heteroatoms. The number of pyridine rings is 1. The van der Waals surface area contributed by atoms with Gasteiger partial charge in [-0.2, -0.15) is 0 Å². The largest absolute Gasteiger partial charge is 0.492 e. The Bertz CT molecular complexity index is 542. The van der Waals surface area contributed by atoms with Crippen molar-refractivity contribution in [1.29, 1.82) is 0 Å². The molecule has 0 saturated heterocycles. The monoisotopic (exact) mass is 334 g/mol. The van der Waals surface area contributed by atoms with Gasteiger partial charge in [-0.25, -0.2) is 4.98 Å². The number of ether oxygens (including phenoxy) is 1. The van der Waals surface area contributed by atoms with Crippen LogP contribution in [-0.2, 0) is 6.54 Å². The molecule has 2 aromatic rings. The minimum absolute atomic E-state index is 0.261. The van der Waals surface area contributed by atoms with Gasteiger partial charge in [0.2, 0.25) is 0 Å². The van der Waals surface area contributed by atoms with Crippen LogP contribution in [0.3, 0.4) is 0 Å². The first-order valence-corrected chi connectivity index (χ1v) is 7.47. The number of aryl methyl sites for hydroxylation is 1. The normalized spacial score (nSPS) is 12.2. The van der Waals surface area contributed by atoms with Crippen molar-refractivity contribution in [2.45, 2.75) is 26.4 Å². The fourth-order valence-corrected chi connectivity index (χ4v) is 2.12. The average Bonchev–Trinajstić information content (AvgIpc) is 2.45. The van der Waals surface area contributed by atoms with Gasteiger partial charge in [0.25, 0.3) is 0 Å². The van der Waals surface area contributed by atoms with Crippen molar-refractivity contribution in [2.24, 2.45) is 0 Å². The topological polar surface area (TPSA) is 34.1 Å². The molecule has 1 heterocycles. The van der Waals surface area contributed by atoms with Crippen LogP contribution in [0, 0.1) is 6.92 Å². The Balaban J connectivity index is 1.75. The summed E-state index contributed by atoms with van der Waals surface area (Å²) in [7, 11) is 0. The van der Waals surface area contributed by atoms with Crippen molar-refractivity contribution >= 4 is 15.9 Å². The molecule has 106 valence electrons. The summed E-state index contributed by atoms with van der Waals surface area (Å²) in [5.74, 6) is 0.907. The molecule has 0 radical (unpaired) electrons. The van der Waals surface area contributed by atoms with E-state index in [9.17, 15) is 0 Å². The van der Waals surface area contributed by atoms with Crippen LogP contribution in [0.25, 0.3) is 0 Å². The van der Waals surface area contributed by atoms with Gasteiger partial charge in [0, 0.05) is 12.6 Å². The number of nitrogens with one attached hydrogen (secondary N) is 1. The highest BCUT2D eigenvalue weighted by atomic mass is 79.9. The number of benzene rings is 1. The third-order valence-electron chi connectivity index (χ3n) is 2.93. The number of aromatic nitrogens is 1. The maximum absolute atomic E-state index is 5.74. The number of hydrogen-bond donors (Lipinski definition) is 1. The Morgan fingerprint density at radius 3 is 2.65 bits per heavy atom. The Hall–Kier alpha value is -1.39. The van der Waals surface area contributed by atoms with Crippen molar-refractivity contribution in [3.8, 4) is 5.75 Å². The van der Waals surface area contributed by atoms with Crippen molar-refractivity contribution < 1.29 is 4.74 Å². The zero-order valence-electron chi connectivity index (χ0n) is 11.8. The second kappa shape index (κ2) is 7.41. The second-order valence-corrected chi connectivity index (χ2v) is 5.67. The smallest absolute Gasteiger partial charge is 0.119 e. The van der Waals surface area contributed by atoms with Crippen LogP contribution in [0.15, 0.2) is 47.1 Å². The van der Waals surface area contributed by atoms with Gasteiger partial charge >= 0.3 is 0 Å². The Labute approximate surface area is 128 Å². The number of rotatable bonds is 6. The van der Waals surface area contributed by atoms with Gasteiger partial charge in [-0.1, -0.05) is 23.8 Å². The second-order valence-electron chi connectivity index (χ2n) is 4.86. The molecule has 1 N–H and O–H groups in total. The summed E-state index contributed by atoms with van der Waals surface area (Å²) in [5, 5.41) is 3.40. The fraction of sp³-hybridized carbons (Fsp3) is 0.312. The molecule has 1 aromatic carbocycles. The summed E-state index contributed by atoms with van der Waals surface area (Å²) in [4.78, 5) is 4.39. The van der Waals surface area contributed by atoms with E-state index in [1.165, 1.54) is 5.56 Å². The Kier molecular flexibility index (Phi) is 5.56. The van der Waals surface area contributed by atoms with Gasteiger partial charge < -0.3 is 10.1 Å². The molecule has 1 atom stereocenters. The third kappa shape index (κ3) is 4.94. The summed E-state index contributed by atoms with van der Waals surface area (Å²) in [5.41, 5.74) is 2.26. The molecule has 0 saturated carbocycles. The minimum atomic E-state index is 0.261. The van der Waals surface area contributed by atoms with Crippen LogP contribution in [0.2, 0.25) is 0 Å². The summed E-state index contributed by atoms with van der Waals surface area (Å²) in [6, 6.07) is 14.3. The molecule has 0 spiro atoms. The first-order chi connectivity index (χ1) is 9.63. The van der Waals surface area contributed by atoms with E-state index in [2.05, 4.69) is 52.2 Å². The fourth-order valence-electron chi connectivity index (χ4n) is 1.74. The molecule has 0 fully saturated rings. The van der Waals surface area contributed by atoms with Gasteiger partial charge in [0.1, 0.15) is 17.0 Å². The van der Waals surface area contributed by atoms with E-state index in [4.69, 9.17) is 4.74 Å². The zero-order chi connectivity index (χ0) is 14.4. The molecule has 2 rings (SSSR count). The Morgan fingerprint density at radius 2 is 1.95 bits per heavy atom. The summed E-state index contributed by atoms with van der Waals surface area (Å²) in [6.07, 6.45) is 0. The molecule has 0 bridgehead atoms. The summed E-state index contributed by atoms with van der Waals surface area (Å²) < 4.78 is 6.60. The van der Waals surface area contributed by atoms with Gasteiger partial charge in [-0.3, -0.25) is 0 Å². The SMILES string of the molecule is Cc1ccc(OCC(C)NCc2cccc(Br)n2)cc1. The summed E-state index contributed by atoms with van der Waals surface area (Å²) in [6.45, 7) is 5.54. The van der Waals surface area contributed by atoms with Crippen LogP contribution in [0.4, 0.5) is 0 Å². The molecule has 20 heavy (non-hydrogen) atoms. The van der Waals surface area contributed by atoms with E-state index < -0.39 is 0 Å². The maximum atomic E-state index is 5.74. The molecular weight excluding hydrogens is 316 g/mol. The van der Waals surface area contributed by atoms with E-state index >= 15 is 0 Å². The molecule has 0 aliphatic heterocycles. The lowest BCUT2D eigenvalue weighted by molar-refractivity contribution is 0.272. The standard InChI is InChI=1S/C16H19BrN2O/c1-12-6-8-15(9-7-12)20-11-13(2)18-10-14-4-3-5-16(17)19-14/h3-9,13,18H,10-11H2,1-2H3. The van der Waals surface area contributed by atoms with Crippen molar-refractivity contribution in [2.75, 3.05) is 6.61 Å². The Morgan fingerprint density at radius 1 is 1.20 bits per heavy atom. The maximum Gasteiger partial charge on any atom is 0.119 e. The van der Waals surface area contributed by atoms with E-state index in [-0.39, 0.29) is 6.04 Å². The van der Waals surface area contributed by atoms with E-state index in [0.717, 1.165) is 22.6 Å². The van der Waals surface area contributed by atoms with Crippen molar-refractivity contribution in [3.63, 3.8) is 0 Å². The molecule has 0 amide bonds. The van der Waals surface area contributed by atoms with Crippen LogP contribution in [-0.4, -0.2) is 17.6 Å². The van der Waals surface area contributed by atoms with Crippen LogP contribution in [0.5, 0.6) is 5.75 Å². The highest BCUT2D eigenvalue weighted by Crippen LogP contribution is 2.11. The van der Waals surface area contributed by atoms with E-state index in [1.807, 2.05) is 30.3 Å². The predicted octanol–water partition coefficient (Wildman–Crippen LogP) is 3.71. The van der Waals surface area contributed by atoms with Gasteiger partial charge in [0.15, 0.2) is 0 Å².